The summed E-state index contributed by atoms with van der Waals surface area (Å²) >= 11 is 0. The Morgan fingerprint density at radius 3 is 2.95 bits per heavy atom. The third-order valence-corrected chi connectivity index (χ3v) is 4.26. The van der Waals surface area contributed by atoms with Gasteiger partial charge in [0.2, 0.25) is 0 Å². The summed E-state index contributed by atoms with van der Waals surface area (Å²) in [4.78, 5) is 15.7. The Balaban J connectivity index is 1.57. The third kappa shape index (κ3) is 1.83. The molecule has 1 saturated carbocycles. The largest absolute Gasteiger partial charge is 0.364 e. The molecule has 0 bridgehead atoms. The van der Waals surface area contributed by atoms with Crippen molar-refractivity contribution in [3.05, 3.63) is 48.1 Å². The Hall–Kier alpha value is -2.63. The predicted molar refractivity (Wildman–Crippen MR) is 75.8 cm³/mol. The van der Waals surface area contributed by atoms with Crippen molar-refractivity contribution in [3.8, 4) is 0 Å². The summed E-state index contributed by atoms with van der Waals surface area (Å²) < 4.78 is 7.09. The first-order chi connectivity index (χ1) is 10.2. The fourth-order valence-electron chi connectivity index (χ4n) is 3.06. The van der Waals surface area contributed by atoms with Crippen molar-refractivity contribution < 1.29 is 9.32 Å². The number of nitrogens with two attached hydrogens (primary N) is 1. The van der Waals surface area contributed by atoms with E-state index >= 15 is 0 Å². The molecular formula is C15H14N4O2. The zero-order valence-corrected chi connectivity index (χ0v) is 11.3. The van der Waals surface area contributed by atoms with Crippen molar-refractivity contribution in [2.75, 3.05) is 0 Å². The number of fused-ring (bicyclic) bond motifs is 1. The molecule has 6 heteroatoms. The molecule has 0 spiro atoms. The fourth-order valence-corrected chi connectivity index (χ4v) is 3.06. The van der Waals surface area contributed by atoms with E-state index < -0.39 is 5.91 Å². The molecular weight excluding hydrogens is 268 g/mol. The van der Waals surface area contributed by atoms with Gasteiger partial charge in [0.05, 0.1) is 17.4 Å². The van der Waals surface area contributed by atoms with Crippen LogP contribution in [0.4, 0.5) is 0 Å². The van der Waals surface area contributed by atoms with Crippen molar-refractivity contribution in [2.45, 2.75) is 24.8 Å². The maximum Gasteiger partial charge on any atom is 0.271 e. The first-order valence-corrected chi connectivity index (χ1v) is 6.89. The van der Waals surface area contributed by atoms with E-state index in [2.05, 4.69) is 20.8 Å². The van der Waals surface area contributed by atoms with E-state index in [0.29, 0.717) is 6.04 Å². The molecule has 1 aliphatic carbocycles. The SMILES string of the molecule is NC(=O)c1nocc1C1CC(n2cnc3ccccc32)C1. The van der Waals surface area contributed by atoms with Crippen LogP contribution in [-0.2, 0) is 0 Å². The van der Waals surface area contributed by atoms with E-state index in [1.54, 1.807) is 0 Å². The summed E-state index contributed by atoms with van der Waals surface area (Å²) in [5.41, 5.74) is 8.53. The lowest BCUT2D eigenvalue weighted by Gasteiger charge is -2.36. The second-order valence-corrected chi connectivity index (χ2v) is 5.45. The van der Waals surface area contributed by atoms with Gasteiger partial charge in [0.15, 0.2) is 5.69 Å². The van der Waals surface area contributed by atoms with Crippen molar-refractivity contribution in [1.82, 2.24) is 14.7 Å². The molecule has 2 heterocycles. The minimum atomic E-state index is -0.532. The van der Waals surface area contributed by atoms with Gasteiger partial charge in [0.25, 0.3) is 5.91 Å². The highest BCUT2D eigenvalue weighted by Crippen LogP contribution is 2.46. The van der Waals surface area contributed by atoms with Crippen molar-refractivity contribution in [1.29, 1.82) is 0 Å². The molecule has 2 N–H and O–H groups in total. The molecule has 0 unspecified atom stereocenters. The second kappa shape index (κ2) is 4.44. The molecule has 0 saturated heterocycles. The van der Waals surface area contributed by atoms with Gasteiger partial charge in [0.1, 0.15) is 6.26 Å². The standard InChI is InChI=1S/C15H14N4O2/c16-15(20)14-11(7-21-18-14)9-5-10(6-9)19-8-17-12-3-1-2-4-13(12)19/h1-4,7-10H,5-6H2,(H2,16,20). The molecule has 106 valence electrons. The summed E-state index contributed by atoms with van der Waals surface area (Å²) in [6.45, 7) is 0. The minimum absolute atomic E-state index is 0.258. The maximum atomic E-state index is 11.3. The van der Waals surface area contributed by atoms with Crippen LogP contribution in [-0.4, -0.2) is 20.6 Å². The minimum Gasteiger partial charge on any atom is -0.364 e. The Morgan fingerprint density at radius 1 is 1.33 bits per heavy atom. The number of hydrogen-bond acceptors (Lipinski definition) is 4. The number of carbonyl (C=O) groups is 1. The lowest BCUT2D eigenvalue weighted by atomic mass is 9.75. The molecule has 2 aromatic heterocycles. The molecule has 1 aliphatic rings. The lowest BCUT2D eigenvalue weighted by Crippen LogP contribution is -2.26. The second-order valence-electron chi connectivity index (χ2n) is 5.45. The van der Waals surface area contributed by atoms with Gasteiger partial charge < -0.3 is 14.8 Å². The zero-order valence-electron chi connectivity index (χ0n) is 11.3. The molecule has 1 amide bonds. The van der Waals surface area contributed by atoms with Gasteiger partial charge in [-0.2, -0.15) is 0 Å². The van der Waals surface area contributed by atoms with Crippen LogP contribution in [0.3, 0.4) is 0 Å². The third-order valence-electron chi connectivity index (χ3n) is 4.26. The Labute approximate surface area is 120 Å². The quantitative estimate of drug-likeness (QED) is 0.798. The summed E-state index contributed by atoms with van der Waals surface area (Å²) in [5, 5.41) is 3.69. The number of aromatic nitrogens is 3. The lowest BCUT2D eigenvalue weighted by molar-refractivity contribution is 0.0989. The Bertz CT molecular complexity index is 814. The van der Waals surface area contributed by atoms with E-state index in [-0.39, 0.29) is 11.6 Å². The summed E-state index contributed by atoms with van der Waals surface area (Å²) in [6, 6.07) is 8.47. The number of para-hydroxylation sites is 2. The van der Waals surface area contributed by atoms with E-state index in [1.807, 2.05) is 24.5 Å². The monoisotopic (exact) mass is 282 g/mol. The maximum absolute atomic E-state index is 11.3. The zero-order chi connectivity index (χ0) is 14.4. The van der Waals surface area contributed by atoms with Gasteiger partial charge in [-0.3, -0.25) is 4.79 Å². The van der Waals surface area contributed by atoms with Crippen LogP contribution < -0.4 is 5.73 Å². The average Bonchev–Trinajstić information content (AvgIpc) is 3.05. The van der Waals surface area contributed by atoms with Crippen LogP contribution in [0, 0.1) is 0 Å². The van der Waals surface area contributed by atoms with Crippen molar-refractivity contribution in [3.63, 3.8) is 0 Å². The van der Waals surface area contributed by atoms with E-state index in [1.165, 1.54) is 6.26 Å². The van der Waals surface area contributed by atoms with Gasteiger partial charge in [-0.1, -0.05) is 17.3 Å². The topological polar surface area (TPSA) is 86.9 Å². The van der Waals surface area contributed by atoms with Gasteiger partial charge in [-0.05, 0) is 30.9 Å². The molecule has 0 radical (unpaired) electrons. The van der Waals surface area contributed by atoms with Crippen LogP contribution in [0.5, 0.6) is 0 Å². The highest BCUT2D eigenvalue weighted by Gasteiger charge is 2.35. The normalized spacial score (nSPS) is 21.3. The molecule has 4 rings (SSSR count). The molecule has 21 heavy (non-hydrogen) atoms. The Morgan fingerprint density at radius 2 is 2.14 bits per heavy atom. The van der Waals surface area contributed by atoms with Crippen LogP contribution >= 0.6 is 0 Å². The van der Waals surface area contributed by atoms with Gasteiger partial charge in [-0.25, -0.2) is 4.98 Å². The van der Waals surface area contributed by atoms with E-state index in [0.717, 1.165) is 29.4 Å². The summed E-state index contributed by atoms with van der Waals surface area (Å²) in [5.74, 6) is -0.264. The number of rotatable bonds is 3. The van der Waals surface area contributed by atoms with Crippen LogP contribution in [0.25, 0.3) is 11.0 Å². The number of benzene rings is 1. The van der Waals surface area contributed by atoms with Gasteiger partial charge >= 0.3 is 0 Å². The molecule has 0 aliphatic heterocycles. The first-order valence-electron chi connectivity index (χ1n) is 6.89. The number of hydrogen-bond donors (Lipinski definition) is 1. The van der Waals surface area contributed by atoms with E-state index in [9.17, 15) is 4.79 Å². The van der Waals surface area contributed by atoms with Crippen molar-refractivity contribution in [2.24, 2.45) is 5.73 Å². The summed E-state index contributed by atoms with van der Waals surface area (Å²) in [7, 11) is 0. The number of carbonyl (C=O) groups excluding carboxylic acids is 1. The number of imidazole rings is 1. The van der Waals surface area contributed by atoms with Gasteiger partial charge in [0, 0.05) is 11.6 Å². The molecule has 1 aromatic carbocycles. The molecule has 3 aromatic rings. The number of primary amides is 1. The van der Waals surface area contributed by atoms with Crippen molar-refractivity contribution >= 4 is 16.9 Å². The molecule has 0 atom stereocenters. The molecule has 1 fully saturated rings. The predicted octanol–water partition coefficient (Wildman–Crippen LogP) is 2.24. The highest BCUT2D eigenvalue weighted by atomic mass is 16.5. The van der Waals surface area contributed by atoms with Crippen LogP contribution in [0.1, 0.15) is 40.9 Å². The number of nitrogens with zero attached hydrogens (tertiary/aromatic N) is 3. The average molecular weight is 282 g/mol. The Kier molecular flexibility index (Phi) is 2.57. The highest BCUT2D eigenvalue weighted by molar-refractivity contribution is 5.92. The fraction of sp³-hybridized carbons (Fsp3) is 0.267. The molecule has 6 nitrogen and oxygen atoms in total. The van der Waals surface area contributed by atoms with Crippen LogP contribution in [0.15, 0.2) is 41.4 Å². The summed E-state index contributed by atoms with van der Waals surface area (Å²) in [6.07, 6.45) is 5.28. The van der Waals surface area contributed by atoms with E-state index in [4.69, 9.17) is 10.3 Å². The first kappa shape index (κ1) is 12.1. The smallest absolute Gasteiger partial charge is 0.271 e. The van der Waals surface area contributed by atoms with Gasteiger partial charge in [-0.15, -0.1) is 0 Å². The van der Waals surface area contributed by atoms with Crippen LogP contribution in [0.2, 0.25) is 0 Å². The number of amides is 1.